The van der Waals surface area contributed by atoms with Gasteiger partial charge < -0.3 is 0 Å². The minimum Gasteiger partial charge on any atom is -0.295 e. The quantitative estimate of drug-likeness (QED) is 0.708. The molecule has 0 saturated heterocycles. The maximum atomic E-state index is 13.6. The second-order valence-corrected chi connectivity index (χ2v) is 3.98. The van der Waals surface area contributed by atoms with Crippen LogP contribution in [0.25, 0.3) is 11.0 Å². The number of hydrogen-bond donors (Lipinski definition) is 0. The van der Waals surface area contributed by atoms with Crippen LogP contribution in [0.1, 0.15) is 0 Å². The molecule has 0 saturated carbocycles. The van der Waals surface area contributed by atoms with Gasteiger partial charge in [0.25, 0.3) is 0 Å². The number of nitrogens with zero attached hydrogens (tertiary/aromatic N) is 2. The van der Waals surface area contributed by atoms with Crippen LogP contribution in [-0.4, -0.2) is 9.13 Å². The molecule has 0 N–H and O–H groups in total. The van der Waals surface area contributed by atoms with E-state index in [0.717, 1.165) is 0 Å². The second kappa shape index (κ2) is 2.95. The SMILES string of the molecule is Cn1c(=O)n(C)c2c(F)c(Br)ccc21. The summed E-state index contributed by atoms with van der Waals surface area (Å²) in [7, 11) is 3.18. The van der Waals surface area contributed by atoms with E-state index in [1.54, 1.807) is 26.2 Å². The van der Waals surface area contributed by atoms with E-state index in [-0.39, 0.29) is 5.69 Å². The molecular weight excluding hydrogens is 251 g/mol. The van der Waals surface area contributed by atoms with Gasteiger partial charge in [0.15, 0.2) is 5.82 Å². The normalized spacial score (nSPS) is 11.1. The molecule has 0 bridgehead atoms. The standard InChI is InChI=1S/C9H8BrFN2O/c1-12-6-4-3-5(10)7(11)8(6)13(2)9(12)14/h3-4H,1-2H3. The Morgan fingerprint density at radius 1 is 1.29 bits per heavy atom. The first-order valence-corrected chi connectivity index (χ1v) is 4.82. The minimum atomic E-state index is -0.400. The van der Waals surface area contributed by atoms with Crippen molar-refractivity contribution in [3.05, 3.63) is 32.9 Å². The summed E-state index contributed by atoms with van der Waals surface area (Å²) in [5.41, 5.74) is 0.696. The summed E-state index contributed by atoms with van der Waals surface area (Å²) < 4.78 is 16.7. The summed E-state index contributed by atoms with van der Waals surface area (Å²) in [5, 5.41) is 0. The Morgan fingerprint density at radius 3 is 2.57 bits per heavy atom. The van der Waals surface area contributed by atoms with Crippen molar-refractivity contribution in [2.75, 3.05) is 0 Å². The van der Waals surface area contributed by atoms with Crippen LogP contribution >= 0.6 is 15.9 Å². The number of hydrogen-bond acceptors (Lipinski definition) is 1. The molecule has 2 rings (SSSR count). The van der Waals surface area contributed by atoms with E-state index in [2.05, 4.69) is 15.9 Å². The molecule has 3 nitrogen and oxygen atoms in total. The van der Waals surface area contributed by atoms with Crippen molar-refractivity contribution in [3.8, 4) is 0 Å². The maximum Gasteiger partial charge on any atom is 0.328 e. The number of imidazole rings is 1. The molecule has 0 atom stereocenters. The van der Waals surface area contributed by atoms with Gasteiger partial charge in [-0.3, -0.25) is 9.13 Å². The van der Waals surface area contributed by atoms with Crippen LogP contribution in [0.3, 0.4) is 0 Å². The van der Waals surface area contributed by atoms with Gasteiger partial charge >= 0.3 is 5.69 Å². The van der Waals surface area contributed by atoms with Gasteiger partial charge in [0, 0.05) is 14.1 Å². The fraction of sp³-hybridized carbons (Fsp3) is 0.222. The molecule has 0 radical (unpaired) electrons. The summed E-state index contributed by atoms with van der Waals surface area (Å²) >= 11 is 3.08. The van der Waals surface area contributed by atoms with Crippen LogP contribution < -0.4 is 5.69 Å². The van der Waals surface area contributed by atoms with Gasteiger partial charge in [-0.25, -0.2) is 9.18 Å². The van der Waals surface area contributed by atoms with Crippen molar-refractivity contribution in [2.45, 2.75) is 0 Å². The summed E-state index contributed by atoms with van der Waals surface area (Å²) in [4.78, 5) is 11.5. The van der Waals surface area contributed by atoms with Crippen LogP contribution in [0.4, 0.5) is 4.39 Å². The third-order valence-corrected chi connectivity index (χ3v) is 2.93. The molecule has 0 aliphatic heterocycles. The molecule has 74 valence electrons. The largest absolute Gasteiger partial charge is 0.328 e. The van der Waals surface area contributed by atoms with E-state index < -0.39 is 5.82 Å². The van der Waals surface area contributed by atoms with Gasteiger partial charge in [0.1, 0.15) is 5.52 Å². The molecule has 0 unspecified atom stereocenters. The van der Waals surface area contributed by atoms with Crippen molar-refractivity contribution >= 4 is 27.0 Å². The fourth-order valence-corrected chi connectivity index (χ4v) is 1.86. The van der Waals surface area contributed by atoms with Gasteiger partial charge in [-0.05, 0) is 28.1 Å². The first kappa shape index (κ1) is 9.45. The topological polar surface area (TPSA) is 26.9 Å². The van der Waals surface area contributed by atoms with Crippen LogP contribution in [-0.2, 0) is 14.1 Å². The number of aromatic nitrogens is 2. The van der Waals surface area contributed by atoms with Crippen LogP contribution in [0.15, 0.2) is 21.4 Å². The number of fused-ring (bicyclic) bond motifs is 1. The molecule has 0 spiro atoms. The lowest BCUT2D eigenvalue weighted by molar-refractivity contribution is 0.624. The van der Waals surface area contributed by atoms with E-state index in [4.69, 9.17) is 0 Å². The summed E-state index contributed by atoms with van der Waals surface area (Å²) in [6.07, 6.45) is 0. The van der Waals surface area contributed by atoms with Crippen LogP contribution in [0.5, 0.6) is 0 Å². The Labute approximate surface area is 87.9 Å². The van der Waals surface area contributed by atoms with Crippen LogP contribution in [0.2, 0.25) is 0 Å². The van der Waals surface area contributed by atoms with E-state index >= 15 is 0 Å². The van der Waals surface area contributed by atoms with Crippen molar-refractivity contribution < 1.29 is 4.39 Å². The highest BCUT2D eigenvalue weighted by Crippen LogP contribution is 2.23. The van der Waals surface area contributed by atoms with E-state index in [1.165, 1.54) is 9.13 Å². The molecule has 0 fully saturated rings. The van der Waals surface area contributed by atoms with Gasteiger partial charge in [0.2, 0.25) is 0 Å². The summed E-state index contributed by atoms with van der Waals surface area (Å²) in [5.74, 6) is -0.400. The Balaban J connectivity index is 3.11. The highest BCUT2D eigenvalue weighted by Gasteiger charge is 2.13. The number of benzene rings is 1. The third kappa shape index (κ3) is 1.05. The molecule has 5 heteroatoms. The average molecular weight is 259 g/mol. The number of rotatable bonds is 0. The van der Waals surface area contributed by atoms with E-state index in [0.29, 0.717) is 15.5 Å². The molecule has 1 heterocycles. The van der Waals surface area contributed by atoms with Gasteiger partial charge in [-0.2, -0.15) is 0 Å². The molecule has 1 aromatic carbocycles. The molecule has 0 aliphatic rings. The highest BCUT2D eigenvalue weighted by atomic mass is 79.9. The lowest BCUT2D eigenvalue weighted by Gasteiger charge is -1.98. The van der Waals surface area contributed by atoms with Crippen molar-refractivity contribution in [2.24, 2.45) is 14.1 Å². The fourth-order valence-electron chi connectivity index (χ4n) is 1.54. The van der Waals surface area contributed by atoms with Crippen molar-refractivity contribution in [1.29, 1.82) is 0 Å². The zero-order valence-corrected chi connectivity index (χ0v) is 9.30. The zero-order valence-electron chi connectivity index (χ0n) is 7.71. The minimum absolute atomic E-state index is 0.225. The molecule has 1 aromatic heterocycles. The second-order valence-electron chi connectivity index (χ2n) is 3.13. The van der Waals surface area contributed by atoms with Crippen molar-refractivity contribution in [3.63, 3.8) is 0 Å². The maximum absolute atomic E-state index is 13.6. The Bertz CT molecular complexity index is 570. The lowest BCUT2D eigenvalue weighted by Crippen LogP contribution is -2.19. The van der Waals surface area contributed by atoms with E-state index in [9.17, 15) is 9.18 Å². The molecule has 0 aliphatic carbocycles. The number of halogens is 2. The molecule has 2 aromatic rings. The molecule has 14 heavy (non-hydrogen) atoms. The Kier molecular flexibility index (Phi) is 1.99. The first-order valence-electron chi connectivity index (χ1n) is 4.03. The van der Waals surface area contributed by atoms with Crippen molar-refractivity contribution in [1.82, 2.24) is 9.13 Å². The molecular formula is C9H8BrFN2O. The van der Waals surface area contributed by atoms with Gasteiger partial charge in [0.05, 0.1) is 9.99 Å². The van der Waals surface area contributed by atoms with Gasteiger partial charge in [-0.15, -0.1) is 0 Å². The Morgan fingerprint density at radius 2 is 1.93 bits per heavy atom. The van der Waals surface area contributed by atoms with Crippen LogP contribution in [0, 0.1) is 5.82 Å². The first-order chi connectivity index (χ1) is 6.54. The zero-order chi connectivity index (χ0) is 10.5. The summed E-state index contributed by atoms with van der Waals surface area (Å²) in [6.45, 7) is 0. The number of aryl methyl sites for hydroxylation is 2. The molecule has 0 amide bonds. The monoisotopic (exact) mass is 258 g/mol. The highest BCUT2D eigenvalue weighted by molar-refractivity contribution is 9.10. The van der Waals surface area contributed by atoms with Gasteiger partial charge in [-0.1, -0.05) is 0 Å². The lowest BCUT2D eigenvalue weighted by atomic mass is 10.3. The Hall–Kier alpha value is -1.10. The van der Waals surface area contributed by atoms with E-state index in [1.807, 2.05) is 0 Å². The smallest absolute Gasteiger partial charge is 0.295 e. The third-order valence-electron chi connectivity index (χ3n) is 2.32. The predicted molar refractivity (Wildman–Crippen MR) is 55.8 cm³/mol. The summed E-state index contributed by atoms with van der Waals surface area (Å²) in [6, 6.07) is 3.31. The predicted octanol–water partition coefficient (Wildman–Crippen LogP) is 1.78. The average Bonchev–Trinajstić information content (AvgIpc) is 2.38.